The molecule has 2 heterocycles. The Bertz CT molecular complexity index is 887. The number of benzene rings is 2. The lowest BCUT2D eigenvalue weighted by Crippen LogP contribution is -2.29. The van der Waals surface area contributed by atoms with Gasteiger partial charge in [0.25, 0.3) is 0 Å². The van der Waals surface area contributed by atoms with E-state index in [9.17, 15) is 4.39 Å². The molecule has 0 radical (unpaired) electrons. The fraction of sp³-hybridized carbons (Fsp3) is 0.304. The molecule has 140 valence electrons. The quantitative estimate of drug-likeness (QED) is 0.632. The van der Waals surface area contributed by atoms with Gasteiger partial charge in [0.05, 0.1) is 12.6 Å². The van der Waals surface area contributed by atoms with Crippen molar-refractivity contribution in [1.82, 2.24) is 9.47 Å². The number of rotatable bonds is 5. The summed E-state index contributed by atoms with van der Waals surface area (Å²) < 4.78 is 21.7. The van der Waals surface area contributed by atoms with Gasteiger partial charge in [-0.3, -0.25) is 4.90 Å². The maximum absolute atomic E-state index is 13.5. The van der Waals surface area contributed by atoms with Crippen LogP contribution in [0.3, 0.4) is 0 Å². The molecule has 0 aliphatic carbocycles. The van der Waals surface area contributed by atoms with Gasteiger partial charge in [0, 0.05) is 37.1 Å². The fourth-order valence-electron chi connectivity index (χ4n) is 3.99. The number of para-hydroxylation sites is 1. The molecule has 0 saturated carbocycles. The molecule has 0 spiro atoms. The van der Waals surface area contributed by atoms with Gasteiger partial charge < -0.3 is 9.30 Å². The van der Waals surface area contributed by atoms with E-state index in [1.54, 1.807) is 12.1 Å². The average Bonchev–Trinajstić information content (AvgIpc) is 3.06. The van der Waals surface area contributed by atoms with Crippen LogP contribution in [-0.4, -0.2) is 22.6 Å². The van der Waals surface area contributed by atoms with E-state index in [0.29, 0.717) is 6.61 Å². The summed E-state index contributed by atoms with van der Waals surface area (Å²) in [6, 6.07) is 19.5. The summed E-state index contributed by atoms with van der Waals surface area (Å²) >= 11 is 0. The predicted octanol–water partition coefficient (Wildman–Crippen LogP) is 5.02. The standard InChI is InChI=1S/C23H25FN2O/c1-2-27-22-9-4-3-7-19(22)17-26-16-6-15-25-14-5-8-21(25)23(26)18-10-12-20(24)13-11-18/h3-5,7-14,23H,2,6,15-17H2,1H3/t23-/m0/s1. The van der Waals surface area contributed by atoms with Crippen molar-refractivity contribution in [3.63, 3.8) is 0 Å². The number of hydrogen-bond donors (Lipinski definition) is 0. The Morgan fingerprint density at radius 1 is 1.00 bits per heavy atom. The van der Waals surface area contributed by atoms with Crippen LogP contribution < -0.4 is 4.74 Å². The van der Waals surface area contributed by atoms with Gasteiger partial charge in [0.2, 0.25) is 0 Å². The molecule has 3 aromatic rings. The molecular weight excluding hydrogens is 339 g/mol. The van der Waals surface area contributed by atoms with Crippen molar-refractivity contribution in [2.75, 3.05) is 13.2 Å². The van der Waals surface area contributed by atoms with Gasteiger partial charge in [-0.15, -0.1) is 0 Å². The van der Waals surface area contributed by atoms with Crippen LogP contribution in [0.5, 0.6) is 5.75 Å². The lowest BCUT2D eigenvalue weighted by Gasteiger charge is -2.31. The van der Waals surface area contributed by atoms with E-state index < -0.39 is 0 Å². The zero-order chi connectivity index (χ0) is 18.6. The van der Waals surface area contributed by atoms with Crippen molar-refractivity contribution < 1.29 is 9.13 Å². The molecule has 1 aromatic heterocycles. The third-order valence-corrected chi connectivity index (χ3v) is 5.19. The summed E-state index contributed by atoms with van der Waals surface area (Å²) in [6.07, 6.45) is 3.22. The second kappa shape index (κ2) is 7.97. The highest BCUT2D eigenvalue weighted by Gasteiger charge is 2.28. The first-order valence-electron chi connectivity index (χ1n) is 9.61. The SMILES string of the molecule is CCOc1ccccc1CN1CCCn2cccc2[C@@H]1c1ccc(F)cc1. The van der Waals surface area contributed by atoms with Crippen LogP contribution in [0.15, 0.2) is 66.9 Å². The molecule has 0 N–H and O–H groups in total. The minimum Gasteiger partial charge on any atom is -0.494 e. The normalized spacial score (nSPS) is 17.3. The van der Waals surface area contributed by atoms with Gasteiger partial charge in [-0.2, -0.15) is 0 Å². The predicted molar refractivity (Wildman–Crippen MR) is 105 cm³/mol. The molecule has 0 saturated heterocycles. The van der Waals surface area contributed by atoms with E-state index in [4.69, 9.17) is 4.74 Å². The third-order valence-electron chi connectivity index (χ3n) is 5.19. The zero-order valence-electron chi connectivity index (χ0n) is 15.6. The Balaban J connectivity index is 1.72. The van der Waals surface area contributed by atoms with E-state index >= 15 is 0 Å². The Hall–Kier alpha value is -2.59. The lowest BCUT2D eigenvalue weighted by molar-refractivity contribution is 0.215. The van der Waals surface area contributed by atoms with Crippen LogP contribution in [0.25, 0.3) is 0 Å². The first-order chi connectivity index (χ1) is 13.3. The average molecular weight is 364 g/mol. The number of hydrogen-bond acceptors (Lipinski definition) is 2. The molecule has 4 heteroatoms. The smallest absolute Gasteiger partial charge is 0.123 e. The van der Waals surface area contributed by atoms with Crippen molar-refractivity contribution in [1.29, 1.82) is 0 Å². The third kappa shape index (κ3) is 3.76. The van der Waals surface area contributed by atoms with Crippen molar-refractivity contribution in [2.45, 2.75) is 32.5 Å². The van der Waals surface area contributed by atoms with Crippen LogP contribution >= 0.6 is 0 Å². The summed E-state index contributed by atoms with van der Waals surface area (Å²) in [7, 11) is 0. The number of ether oxygens (including phenoxy) is 1. The number of halogens is 1. The number of nitrogens with zero attached hydrogens (tertiary/aromatic N) is 2. The first kappa shape index (κ1) is 17.8. The maximum Gasteiger partial charge on any atom is 0.123 e. The fourth-order valence-corrected chi connectivity index (χ4v) is 3.99. The van der Waals surface area contributed by atoms with Crippen molar-refractivity contribution in [3.05, 3.63) is 89.5 Å². The number of aromatic nitrogens is 1. The Morgan fingerprint density at radius 2 is 1.81 bits per heavy atom. The van der Waals surface area contributed by atoms with Gasteiger partial charge in [-0.25, -0.2) is 4.39 Å². The minimum atomic E-state index is -0.198. The van der Waals surface area contributed by atoms with Gasteiger partial charge in [0.15, 0.2) is 0 Å². The van der Waals surface area contributed by atoms with Crippen molar-refractivity contribution in [2.24, 2.45) is 0 Å². The molecule has 27 heavy (non-hydrogen) atoms. The first-order valence-corrected chi connectivity index (χ1v) is 9.61. The van der Waals surface area contributed by atoms with E-state index in [1.807, 2.05) is 31.2 Å². The molecular formula is C23H25FN2O. The molecule has 1 atom stereocenters. The summed E-state index contributed by atoms with van der Waals surface area (Å²) in [5.41, 5.74) is 3.56. The molecule has 0 fully saturated rings. The molecule has 0 amide bonds. The van der Waals surface area contributed by atoms with E-state index in [1.165, 1.54) is 11.3 Å². The van der Waals surface area contributed by atoms with Gasteiger partial charge in [-0.1, -0.05) is 30.3 Å². The Labute approximate surface area is 160 Å². The molecule has 2 aromatic carbocycles. The molecule has 0 bridgehead atoms. The van der Waals surface area contributed by atoms with Gasteiger partial charge >= 0.3 is 0 Å². The van der Waals surface area contributed by atoms with E-state index in [-0.39, 0.29) is 11.9 Å². The van der Waals surface area contributed by atoms with Gasteiger partial charge in [-0.05, 0) is 49.2 Å². The Kier molecular flexibility index (Phi) is 5.26. The van der Waals surface area contributed by atoms with Crippen molar-refractivity contribution >= 4 is 0 Å². The number of fused-ring (bicyclic) bond motifs is 1. The molecule has 0 unspecified atom stereocenters. The van der Waals surface area contributed by atoms with Crippen LogP contribution in [0.4, 0.5) is 4.39 Å². The summed E-state index contributed by atoms with van der Waals surface area (Å²) in [4.78, 5) is 2.48. The van der Waals surface area contributed by atoms with Crippen LogP contribution in [0.2, 0.25) is 0 Å². The van der Waals surface area contributed by atoms with Crippen molar-refractivity contribution in [3.8, 4) is 5.75 Å². The number of aryl methyl sites for hydroxylation is 1. The summed E-state index contributed by atoms with van der Waals surface area (Å²) in [5.74, 6) is 0.744. The van der Waals surface area contributed by atoms with Crippen LogP contribution in [-0.2, 0) is 13.1 Å². The topological polar surface area (TPSA) is 17.4 Å². The largest absolute Gasteiger partial charge is 0.494 e. The minimum absolute atomic E-state index is 0.0952. The van der Waals surface area contributed by atoms with E-state index in [2.05, 4.69) is 39.9 Å². The van der Waals surface area contributed by atoms with Gasteiger partial charge in [0.1, 0.15) is 11.6 Å². The molecule has 3 nitrogen and oxygen atoms in total. The highest BCUT2D eigenvalue weighted by molar-refractivity contribution is 5.35. The highest BCUT2D eigenvalue weighted by Crippen LogP contribution is 2.34. The second-order valence-corrected chi connectivity index (χ2v) is 6.95. The monoisotopic (exact) mass is 364 g/mol. The molecule has 1 aliphatic heterocycles. The summed E-state index contributed by atoms with van der Waals surface area (Å²) in [6.45, 7) is 5.44. The van der Waals surface area contributed by atoms with Crippen LogP contribution in [0.1, 0.15) is 36.2 Å². The Morgan fingerprint density at radius 3 is 2.63 bits per heavy atom. The second-order valence-electron chi connectivity index (χ2n) is 6.95. The highest BCUT2D eigenvalue weighted by atomic mass is 19.1. The lowest BCUT2D eigenvalue weighted by atomic mass is 10.0. The maximum atomic E-state index is 13.5. The zero-order valence-corrected chi connectivity index (χ0v) is 15.6. The molecule has 1 aliphatic rings. The van der Waals surface area contributed by atoms with E-state index in [0.717, 1.165) is 37.4 Å². The molecule has 4 rings (SSSR count). The summed E-state index contributed by atoms with van der Waals surface area (Å²) in [5, 5.41) is 0. The van der Waals surface area contributed by atoms with Crippen LogP contribution in [0, 0.1) is 5.82 Å².